The molecule has 35 heavy (non-hydrogen) atoms. The SMILES string of the molecule is Brc1cc2ccc3cc4c5ccccc5n(-c5cccc(-c6cccnc6)c5)c4c4sc(c1)c2c34. The lowest BCUT2D eigenvalue weighted by Crippen LogP contribution is -1.94. The van der Waals surface area contributed by atoms with Crippen LogP contribution < -0.4 is 0 Å². The highest BCUT2D eigenvalue weighted by molar-refractivity contribution is 9.10. The summed E-state index contributed by atoms with van der Waals surface area (Å²) in [7, 11) is 0. The van der Waals surface area contributed by atoms with Gasteiger partial charge in [-0.1, -0.05) is 64.5 Å². The third kappa shape index (κ3) is 2.72. The van der Waals surface area contributed by atoms with Crippen LogP contribution in [0.25, 0.3) is 69.6 Å². The van der Waals surface area contributed by atoms with Gasteiger partial charge in [0.2, 0.25) is 0 Å². The Morgan fingerprint density at radius 3 is 2.46 bits per heavy atom. The molecule has 3 aromatic heterocycles. The van der Waals surface area contributed by atoms with Crippen molar-refractivity contribution in [2.45, 2.75) is 0 Å². The first-order chi connectivity index (χ1) is 17.3. The van der Waals surface area contributed by atoms with E-state index in [2.05, 4.69) is 110 Å². The molecule has 0 bridgehead atoms. The predicted molar refractivity (Wildman–Crippen MR) is 153 cm³/mol. The maximum Gasteiger partial charge on any atom is 0.0720 e. The predicted octanol–water partition coefficient (Wildman–Crippen LogP) is 9.57. The Hall–Kier alpha value is -3.73. The second-order valence-electron chi connectivity index (χ2n) is 9.01. The Kier molecular flexibility index (Phi) is 3.99. The van der Waals surface area contributed by atoms with Gasteiger partial charge in [0.15, 0.2) is 0 Å². The van der Waals surface area contributed by atoms with E-state index in [0.717, 1.165) is 15.7 Å². The van der Waals surface area contributed by atoms with Crippen molar-refractivity contribution in [3.8, 4) is 16.8 Å². The molecule has 0 saturated carbocycles. The Morgan fingerprint density at radius 1 is 0.714 bits per heavy atom. The number of rotatable bonds is 2. The van der Waals surface area contributed by atoms with Crippen LogP contribution in [0.1, 0.15) is 0 Å². The van der Waals surface area contributed by atoms with Crippen molar-refractivity contribution in [3.63, 3.8) is 0 Å². The normalized spacial score (nSPS) is 12.1. The van der Waals surface area contributed by atoms with E-state index in [1.54, 1.807) is 0 Å². The van der Waals surface area contributed by atoms with E-state index in [1.807, 2.05) is 29.8 Å². The van der Waals surface area contributed by atoms with E-state index in [4.69, 9.17) is 0 Å². The molecule has 0 saturated heterocycles. The molecule has 0 spiro atoms. The molecular weight excluding hydrogens is 512 g/mol. The summed E-state index contributed by atoms with van der Waals surface area (Å²) in [6.45, 7) is 0. The van der Waals surface area contributed by atoms with E-state index in [9.17, 15) is 0 Å². The summed E-state index contributed by atoms with van der Waals surface area (Å²) in [5.41, 5.74) is 5.97. The Balaban J connectivity index is 1.56. The van der Waals surface area contributed by atoms with Crippen LogP contribution in [-0.2, 0) is 0 Å². The summed E-state index contributed by atoms with van der Waals surface area (Å²) < 4.78 is 6.25. The zero-order chi connectivity index (χ0) is 23.1. The minimum Gasteiger partial charge on any atom is -0.308 e. The van der Waals surface area contributed by atoms with Crippen molar-refractivity contribution in [2.75, 3.05) is 0 Å². The van der Waals surface area contributed by atoms with Gasteiger partial charge in [-0.2, -0.15) is 0 Å². The van der Waals surface area contributed by atoms with Crippen LogP contribution in [0.5, 0.6) is 0 Å². The highest BCUT2D eigenvalue weighted by Crippen LogP contribution is 2.47. The van der Waals surface area contributed by atoms with Gasteiger partial charge in [-0.15, -0.1) is 11.3 Å². The van der Waals surface area contributed by atoms with E-state index < -0.39 is 0 Å². The number of benzene rings is 5. The minimum atomic E-state index is 1.12. The van der Waals surface area contributed by atoms with Gasteiger partial charge in [0.1, 0.15) is 0 Å². The van der Waals surface area contributed by atoms with Crippen LogP contribution in [0.2, 0.25) is 0 Å². The molecule has 4 heteroatoms. The second kappa shape index (κ2) is 7.14. The first-order valence-electron chi connectivity index (χ1n) is 11.6. The van der Waals surface area contributed by atoms with Gasteiger partial charge >= 0.3 is 0 Å². The molecular formula is C31H17BrN2S. The van der Waals surface area contributed by atoms with Gasteiger partial charge in [-0.25, -0.2) is 0 Å². The minimum absolute atomic E-state index is 1.12. The third-order valence-corrected chi connectivity index (χ3v) is 8.65. The first kappa shape index (κ1) is 19.6. The number of hydrogen-bond donors (Lipinski definition) is 0. The Labute approximate surface area is 213 Å². The molecule has 0 N–H and O–H groups in total. The highest BCUT2D eigenvalue weighted by Gasteiger charge is 2.21. The largest absolute Gasteiger partial charge is 0.308 e. The fourth-order valence-electron chi connectivity index (χ4n) is 5.60. The van der Waals surface area contributed by atoms with Crippen molar-refractivity contribution in [2.24, 2.45) is 0 Å². The maximum atomic E-state index is 4.33. The molecule has 0 atom stereocenters. The first-order valence-corrected chi connectivity index (χ1v) is 13.2. The maximum absolute atomic E-state index is 4.33. The molecule has 3 heterocycles. The average Bonchev–Trinajstić information content (AvgIpc) is 3.44. The van der Waals surface area contributed by atoms with Crippen molar-refractivity contribution in [1.29, 1.82) is 0 Å². The summed E-state index contributed by atoms with van der Waals surface area (Å²) in [5.74, 6) is 0. The van der Waals surface area contributed by atoms with Gasteiger partial charge in [0.05, 0.1) is 15.7 Å². The quantitative estimate of drug-likeness (QED) is 0.204. The molecule has 5 aromatic carbocycles. The molecule has 2 nitrogen and oxygen atoms in total. The topological polar surface area (TPSA) is 17.8 Å². The van der Waals surface area contributed by atoms with Gasteiger partial charge in [-0.05, 0) is 58.8 Å². The fourth-order valence-corrected chi connectivity index (χ4v) is 7.57. The lowest BCUT2D eigenvalue weighted by atomic mass is 10.00. The van der Waals surface area contributed by atoms with Crippen LogP contribution >= 0.6 is 27.3 Å². The lowest BCUT2D eigenvalue weighted by molar-refractivity contribution is 1.19. The number of aromatic nitrogens is 2. The van der Waals surface area contributed by atoms with Crippen molar-refractivity contribution in [3.05, 3.63) is 108 Å². The molecule has 0 aliphatic heterocycles. The zero-order valence-electron chi connectivity index (χ0n) is 18.5. The number of fused-ring (bicyclic) bond motifs is 4. The van der Waals surface area contributed by atoms with Crippen molar-refractivity contribution >= 4 is 80.0 Å². The number of halogens is 1. The van der Waals surface area contributed by atoms with Gasteiger partial charge < -0.3 is 4.57 Å². The average molecular weight is 529 g/mol. The molecule has 0 unspecified atom stereocenters. The lowest BCUT2D eigenvalue weighted by Gasteiger charge is -2.11. The third-order valence-electron chi connectivity index (χ3n) is 7.05. The van der Waals surface area contributed by atoms with Crippen LogP contribution in [-0.4, -0.2) is 9.55 Å². The summed E-state index contributed by atoms with van der Waals surface area (Å²) in [4.78, 5) is 4.33. The van der Waals surface area contributed by atoms with Gasteiger partial charge in [0, 0.05) is 54.4 Å². The van der Waals surface area contributed by atoms with E-state index in [0.29, 0.717) is 0 Å². The van der Waals surface area contributed by atoms with Crippen LogP contribution in [0.15, 0.2) is 108 Å². The molecule has 0 aliphatic rings. The van der Waals surface area contributed by atoms with E-state index in [-0.39, 0.29) is 0 Å². The summed E-state index contributed by atoms with van der Waals surface area (Å²) in [6, 6.07) is 33.1. The molecule has 8 rings (SSSR count). The van der Waals surface area contributed by atoms with Crippen LogP contribution in [0.4, 0.5) is 0 Å². The standard InChI is InChI=1S/C31H17BrN2S/c32-22-13-19-10-11-20-15-25-24-8-1-2-9-26(24)34(30(25)31-29(20)28(19)27(16-22)35-31)23-7-3-5-18(14-23)21-6-4-12-33-17-21/h1-17H. The molecule has 8 aromatic rings. The Bertz CT molecular complexity index is 2070. The van der Waals surface area contributed by atoms with Crippen LogP contribution in [0, 0.1) is 0 Å². The number of nitrogens with zero attached hydrogens (tertiary/aromatic N) is 2. The number of para-hydroxylation sites is 1. The number of hydrogen-bond acceptors (Lipinski definition) is 2. The molecule has 0 aliphatic carbocycles. The Morgan fingerprint density at radius 2 is 1.57 bits per heavy atom. The highest BCUT2D eigenvalue weighted by atomic mass is 79.9. The summed E-state index contributed by atoms with van der Waals surface area (Å²) >= 11 is 5.62. The van der Waals surface area contributed by atoms with Gasteiger partial charge in [-0.3, -0.25) is 4.98 Å². The monoisotopic (exact) mass is 528 g/mol. The summed E-state index contributed by atoms with van der Waals surface area (Å²) in [6.07, 6.45) is 3.75. The molecule has 0 fully saturated rings. The zero-order valence-corrected chi connectivity index (χ0v) is 20.9. The smallest absolute Gasteiger partial charge is 0.0720 e. The second-order valence-corrected chi connectivity index (χ2v) is 11.0. The van der Waals surface area contributed by atoms with Gasteiger partial charge in [0.25, 0.3) is 0 Å². The molecule has 0 radical (unpaired) electrons. The van der Waals surface area contributed by atoms with E-state index in [1.165, 1.54) is 58.3 Å². The van der Waals surface area contributed by atoms with E-state index >= 15 is 0 Å². The molecule has 0 amide bonds. The van der Waals surface area contributed by atoms with Crippen LogP contribution in [0.3, 0.4) is 0 Å². The van der Waals surface area contributed by atoms with Crippen molar-refractivity contribution < 1.29 is 0 Å². The number of thiophene rings is 1. The molecule has 164 valence electrons. The fraction of sp³-hybridized carbons (Fsp3) is 0. The summed E-state index contributed by atoms with van der Waals surface area (Å²) in [5, 5.41) is 7.91. The van der Waals surface area contributed by atoms with Crippen molar-refractivity contribution in [1.82, 2.24) is 9.55 Å². The number of pyridine rings is 1.